The van der Waals surface area contributed by atoms with E-state index >= 15 is 0 Å². The number of rotatable bonds is 2. The summed E-state index contributed by atoms with van der Waals surface area (Å²) in [6.07, 6.45) is 0. The third kappa shape index (κ3) is 5.97. The van der Waals surface area contributed by atoms with Gasteiger partial charge >= 0.3 is 103 Å². The molecule has 0 aliphatic carbocycles. The summed E-state index contributed by atoms with van der Waals surface area (Å²) in [5, 5.41) is 0. The zero-order chi connectivity index (χ0) is 12.7. The zero-order valence-corrected chi connectivity index (χ0v) is 18.3. The first-order chi connectivity index (χ1) is 7.03. The molecule has 0 amide bonds. The van der Waals surface area contributed by atoms with E-state index in [2.05, 4.69) is 0 Å². The Kier molecular flexibility index (Phi) is 10.1. The van der Waals surface area contributed by atoms with Gasteiger partial charge in [0, 0.05) is 0 Å². The topological polar surface area (TPSA) is 114 Å². The predicted molar refractivity (Wildman–Crippen MR) is 51.8 cm³/mol. The fourth-order valence-corrected chi connectivity index (χ4v) is 2.85. The second-order valence-corrected chi connectivity index (χ2v) is 5.99. The van der Waals surface area contributed by atoms with Crippen LogP contribution in [0.25, 0.3) is 0 Å². The van der Waals surface area contributed by atoms with Crippen molar-refractivity contribution in [3.63, 3.8) is 0 Å². The standard InChI is InChI=1S/C8H10O6S2.2K/c1-5-3-8(16(12,13)14)6(2)4-7(5)15(9,10)11;;/h3-4H,1-2H3,(H,9,10,11)(H,12,13,14);;/q;2*+1/p-2. The van der Waals surface area contributed by atoms with Gasteiger partial charge in [0.25, 0.3) is 0 Å². The van der Waals surface area contributed by atoms with Gasteiger partial charge in [0.05, 0.1) is 9.79 Å². The first kappa shape index (κ1) is 22.6. The van der Waals surface area contributed by atoms with E-state index in [1.807, 2.05) is 0 Å². The largest absolute Gasteiger partial charge is 1.00 e. The van der Waals surface area contributed by atoms with Crippen LogP contribution in [0.5, 0.6) is 0 Å². The molecule has 0 saturated carbocycles. The fourth-order valence-electron chi connectivity index (χ4n) is 1.30. The maximum Gasteiger partial charge on any atom is 1.00 e. The monoisotopic (exact) mass is 342 g/mol. The van der Waals surface area contributed by atoms with Crippen LogP contribution < -0.4 is 103 Å². The molecule has 6 nitrogen and oxygen atoms in total. The van der Waals surface area contributed by atoms with Gasteiger partial charge in [-0.15, -0.1) is 0 Å². The van der Waals surface area contributed by atoms with Crippen LogP contribution in [-0.4, -0.2) is 25.9 Å². The molecule has 0 radical (unpaired) electrons. The van der Waals surface area contributed by atoms with E-state index in [9.17, 15) is 25.9 Å². The van der Waals surface area contributed by atoms with Crippen molar-refractivity contribution in [1.82, 2.24) is 0 Å². The Balaban J connectivity index is 0. The van der Waals surface area contributed by atoms with Gasteiger partial charge in [-0.3, -0.25) is 0 Å². The van der Waals surface area contributed by atoms with Crippen LogP contribution in [0, 0.1) is 13.8 Å². The van der Waals surface area contributed by atoms with Crippen molar-refractivity contribution in [1.29, 1.82) is 0 Å². The van der Waals surface area contributed by atoms with Crippen molar-refractivity contribution in [2.75, 3.05) is 0 Å². The van der Waals surface area contributed by atoms with E-state index in [0.717, 1.165) is 12.1 Å². The van der Waals surface area contributed by atoms with E-state index in [-0.39, 0.29) is 114 Å². The van der Waals surface area contributed by atoms with Gasteiger partial charge in [-0.05, 0) is 37.1 Å². The summed E-state index contributed by atoms with van der Waals surface area (Å²) in [7, 11) is -9.33. The first-order valence-electron chi connectivity index (χ1n) is 4.06. The third-order valence-corrected chi connectivity index (χ3v) is 3.97. The molecule has 0 bridgehead atoms. The Morgan fingerprint density at radius 2 is 1.00 bits per heavy atom. The van der Waals surface area contributed by atoms with E-state index in [0.29, 0.717) is 0 Å². The second kappa shape index (κ2) is 8.08. The van der Waals surface area contributed by atoms with E-state index < -0.39 is 30.0 Å². The van der Waals surface area contributed by atoms with Gasteiger partial charge in [0.2, 0.25) is 0 Å². The minimum atomic E-state index is -4.67. The fraction of sp³-hybridized carbons (Fsp3) is 0.250. The molecule has 90 valence electrons. The number of aryl methyl sites for hydroxylation is 2. The van der Waals surface area contributed by atoms with Crippen molar-refractivity contribution in [2.45, 2.75) is 23.6 Å². The minimum absolute atomic E-state index is 0. The maximum atomic E-state index is 10.8. The normalized spacial score (nSPS) is 11.3. The van der Waals surface area contributed by atoms with E-state index in [1.54, 1.807) is 0 Å². The molecule has 0 spiro atoms. The number of hydrogen-bond donors (Lipinski definition) is 0. The maximum absolute atomic E-state index is 10.8. The van der Waals surface area contributed by atoms with E-state index in [1.165, 1.54) is 13.8 Å². The van der Waals surface area contributed by atoms with Crippen molar-refractivity contribution in [2.24, 2.45) is 0 Å². The van der Waals surface area contributed by atoms with Gasteiger partial charge in [-0.1, -0.05) is 0 Å². The van der Waals surface area contributed by atoms with Crippen molar-refractivity contribution < 1.29 is 129 Å². The molecule has 0 aliphatic heterocycles. The molecule has 0 heterocycles. The molecule has 1 aromatic rings. The average molecular weight is 342 g/mol. The number of hydrogen-bond acceptors (Lipinski definition) is 6. The van der Waals surface area contributed by atoms with Crippen molar-refractivity contribution >= 4 is 20.2 Å². The molecule has 1 rings (SSSR count). The first-order valence-corrected chi connectivity index (χ1v) is 6.88. The predicted octanol–water partition coefficient (Wildman–Crippen LogP) is -5.88. The van der Waals surface area contributed by atoms with Crippen LogP contribution in [0.2, 0.25) is 0 Å². The Hall–Kier alpha value is 2.31. The zero-order valence-electron chi connectivity index (χ0n) is 10.4. The van der Waals surface area contributed by atoms with E-state index in [4.69, 9.17) is 0 Å². The van der Waals surface area contributed by atoms with Crippen molar-refractivity contribution in [3.8, 4) is 0 Å². The molecular weight excluding hydrogens is 334 g/mol. The third-order valence-electron chi connectivity index (χ3n) is 2.01. The molecule has 0 fully saturated rings. The number of benzene rings is 1. The van der Waals surface area contributed by atoms with Crippen LogP contribution in [0.3, 0.4) is 0 Å². The molecular formula is C8H8K2O6S2. The summed E-state index contributed by atoms with van der Waals surface area (Å²) in [6.45, 7) is 2.50. The quantitative estimate of drug-likeness (QED) is 0.391. The van der Waals surface area contributed by atoms with Gasteiger partial charge in [-0.2, -0.15) is 0 Å². The Bertz CT molecular complexity index is 578. The van der Waals surface area contributed by atoms with Crippen LogP contribution in [-0.2, 0) is 20.2 Å². The molecule has 0 atom stereocenters. The van der Waals surface area contributed by atoms with Crippen LogP contribution >= 0.6 is 0 Å². The minimum Gasteiger partial charge on any atom is -0.744 e. The molecule has 1 aromatic carbocycles. The summed E-state index contributed by atoms with van der Waals surface area (Å²) < 4.78 is 64.7. The summed E-state index contributed by atoms with van der Waals surface area (Å²) in [4.78, 5) is -1.03. The van der Waals surface area contributed by atoms with Gasteiger partial charge < -0.3 is 9.11 Å². The molecule has 0 aromatic heterocycles. The Morgan fingerprint density at radius 1 is 0.778 bits per heavy atom. The van der Waals surface area contributed by atoms with Crippen LogP contribution in [0.4, 0.5) is 0 Å². The molecule has 0 aliphatic rings. The molecule has 18 heavy (non-hydrogen) atoms. The van der Waals surface area contributed by atoms with Gasteiger partial charge in [0.15, 0.2) is 0 Å². The van der Waals surface area contributed by atoms with Gasteiger partial charge in [-0.25, -0.2) is 16.8 Å². The SMILES string of the molecule is Cc1cc(S(=O)(=O)[O-])c(C)cc1S(=O)(=O)[O-].[K+].[K+]. The van der Waals surface area contributed by atoms with Crippen LogP contribution in [0.15, 0.2) is 21.9 Å². The molecule has 0 saturated heterocycles. The van der Waals surface area contributed by atoms with Crippen LogP contribution in [0.1, 0.15) is 11.1 Å². The summed E-state index contributed by atoms with van der Waals surface area (Å²) >= 11 is 0. The molecule has 10 heteroatoms. The summed E-state index contributed by atoms with van der Waals surface area (Å²) in [6, 6.07) is 1.78. The Morgan fingerprint density at radius 3 is 1.17 bits per heavy atom. The molecule has 0 unspecified atom stereocenters. The average Bonchev–Trinajstić information content (AvgIpc) is 2.04. The smallest absolute Gasteiger partial charge is 0.744 e. The summed E-state index contributed by atoms with van der Waals surface area (Å²) in [5.41, 5.74) is -0.120. The van der Waals surface area contributed by atoms with Crippen molar-refractivity contribution in [3.05, 3.63) is 23.3 Å². The van der Waals surface area contributed by atoms with Gasteiger partial charge in [0.1, 0.15) is 20.2 Å². The Labute approximate surface area is 191 Å². The summed E-state index contributed by atoms with van der Waals surface area (Å²) in [5.74, 6) is 0. The molecule has 0 N–H and O–H groups in total. The second-order valence-electron chi connectivity index (χ2n) is 3.29.